The first-order valence-corrected chi connectivity index (χ1v) is 11.5. The lowest BCUT2D eigenvalue weighted by molar-refractivity contribution is -0.120. The minimum absolute atomic E-state index is 0.199. The number of piperidine rings is 1. The largest absolute Gasteiger partial charge is 0.301 e. The molecule has 0 radical (unpaired) electrons. The van der Waals surface area contributed by atoms with Crippen LogP contribution in [0.25, 0.3) is 10.2 Å². The van der Waals surface area contributed by atoms with Crippen molar-refractivity contribution in [2.24, 2.45) is 0 Å². The minimum atomic E-state index is -3.72. The number of thiophene rings is 1. The first-order valence-electron chi connectivity index (χ1n) is 8.38. The molecule has 0 saturated carbocycles. The second-order valence-electron chi connectivity index (χ2n) is 6.15. The second-order valence-corrected chi connectivity index (χ2v) is 10.3. The molecular formula is C17H16FN3O3S3. The summed E-state index contributed by atoms with van der Waals surface area (Å²) >= 11 is 2.29. The summed E-state index contributed by atoms with van der Waals surface area (Å²) in [6.45, 7) is 0.298. The van der Waals surface area contributed by atoms with Gasteiger partial charge in [0.05, 0.1) is 4.70 Å². The van der Waals surface area contributed by atoms with Gasteiger partial charge in [0.15, 0.2) is 5.13 Å². The molecule has 1 amide bonds. The van der Waals surface area contributed by atoms with Gasteiger partial charge in [-0.3, -0.25) is 4.79 Å². The molecule has 1 aromatic carbocycles. The van der Waals surface area contributed by atoms with Crippen LogP contribution in [0.5, 0.6) is 0 Å². The SMILES string of the molecule is O=C(Nc1nc2c(F)cccc2s1)C1CCCCN1S(=O)(=O)c1cccs1. The molecule has 0 spiro atoms. The number of hydrogen-bond acceptors (Lipinski definition) is 6. The van der Waals surface area contributed by atoms with Gasteiger partial charge in [0.1, 0.15) is 21.6 Å². The Balaban J connectivity index is 1.59. The van der Waals surface area contributed by atoms with E-state index in [-0.39, 0.29) is 14.9 Å². The van der Waals surface area contributed by atoms with Crippen molar-refractivity contribution in [1.29, 1.82) is 0 Å². The lowest BCUT2D eigenvalue weighted by atomic mass is 10.0. The molecule has 4 rings (SSSR count). The van der Waals surface area contributed by atoms with Crippen molar-refractivity contribution in [3.63, 3.8) is 0 Å². The molecule has 0 aliphatic carbocycles. The first kappa shape index (κ1) is 18.5. The third-order valence-electron chi connectivity index (χ3n) is 4.41. The number of rotatable bonds is 4. The van der Waals surface area contributed by atoms with Crippen LogP contribution in [0.3, 0.4) is 0 Å². The van der Waals surface area contributed by atoms with E-state index < -0.39 is 27.8 Å². The zero-order chi connectivity index (χ0) is 19.0. The second kappa shape index (κ2) is 7.27. The molecule has 142 valence electrons. The maximum Gasteiger partial charge on any atom is 0.253 e. The number of para-hydroxylation sites is 1. The maximum atomic E-state index is 13.8. The van der Waals surface area contributed by atoms with Crippen LogP contribution in [0.1, 0.15) is 19.3 Å². The predicted octanol–water partition coefficient (Wildman–Crippen LogP) is 3.68. The third kappa shape index (κ3) is 3.49. The fraction of sp³-hybridized carbons (Fsp3) is 0.294. The van der Waals surface area contributed by atoms with Crippen molar-refractivity contribution in [3.05, 3.63) is 41.5 Å². The Labute approximate surface area is 163 Å². The Morgan fingerprint density at radius 2 is 2.11 bits per heavy atom. The van der Waals surface area contributed by atoms with Crippen LogP contribution < -0.4 is 5.32 Å². The molecule has 1 aliphatic heterocycles. The lowest BCUT2D eigenvalue weighted by Gasteiger charge is -2.32. The molecule has 1 aliphatic rings. The van der Waals surface area contributed by atoms with E-state index in [1.54, 1.807) is 29.6 Å². The zero-order valence-electron chi connectivity index (χ0n) is 14.1. The Morgan fingerprint density at radius 3 is 2.85 bits per heavy atom. The maximum absolute atomic E-state index is 13.8. The topological polar surface area (TPSA) is 79.4 Å². The number of carbonyl (C=O) groups excluding carboxylic acids is 1. The highest BCUT2D eigenvalue weighted by Crippen LogP contribution is 2.31. The molecule has 0 bridgehead atoms. The average molecular weight is 426 g/mol. The summed E-state index contributed by atoms with van der Waals surface area (Å²) in [6, 6.07) is 7.02. The van der Waals surface area contributed by atoms with Crippen LogP contribution >= 0.6 is 22.7 Å². The number of amides is 1. The Hall–Kier alpha value is -1.88. The average Bonchev–Trinajstić information content (AvgIpc) is 3.32. The van der Waals surface area contributed by atoms with Crippen molar-refractivity contribution in [2.45, 2.75) is 29.5 Å². The quantitative estimate of drug-likeness (QED) is 0.692. The molecule has 1 atom stereocenters. The van der Waals surface area contributed by atoms with Gasteiger partial charge < -0.3 is 5.32 Å². The van der Waals surface area contributed by atoms with Gasteiger partial charge in [-0.05, 0) is 36.4 Å². The number of hydrogen-bond donors (Lipinski definition) is 1. The van der Waals surface area contributed by atoms with E-state index in [4.69, 9.17) is 0 Å². The van der Waals surface area contributed by atoms with Gasteiger partial charge in [0.25, 0.3) is 10.0 Å². The summed E-state index contributed by atoms with van der Waals surface area (Å²) in [4.78, 5) is 16.9. The van der Waals surface area contributed by atoms with Crippen LogP contribution in [-0.4, -0.2) is 36.2 Å². The monoisotopic (exact) mass is 425 g/mol. The van der Waals surface area contributed by atoms with Gasteiger partial charge >= 0.3 is 0 Å². The fourth-order valence-electron chi connectivity index (χ4n) is 3.14. The third-order valence-corrected chi connectivity index (χ3v) is 8.63. The lowest BCUT2D eigenvalue weighted by Crippen LogP contribution is -2.49. The summed E-state index contributed by atoms with van der Waals surface area (Å²) in [5, 5.41) is 4.63. The summed E-state index contributed by atoms with van der Waals surface area (Å²) in [7, 11) is -3.72. The summed E-state index contributed by atoms with van der Waals surface area (Å²) in [6.07, 6.45) is 1.92. The van der Waals surface area contributed by atoms with E-state index >= 15 is 0 Å². The van der Waals surface area contributed by atoms with Gasteiger partial charge in [-0.25, -0.2) is 17.8 Å². The molecule has 1 N–H and O–H groups in total. The van der Waals surface area contributed by atoms with E-state index in [9.17, 15) is 17.6 Å². The molecule has 1 saturated heterocycles. The molecular weight excluding hydrogens is 409 g/mol. The zero-order valence-corrected chi connectivity index (χ0v) is 16.5. The van der Waals surface area contributed by atoms with Gasteiger partial charge in [0, 0.05) is 6.54 Å². The van der Waals surface area contributed by atoms with Crippen molar-refractivity contribution in [3.8, 4) is 0 Å². The number of thiazole rings is 1. The minimum Gasteiger partial charge on any atom is -0.301 e. The van der Waals surface area contributed by atoms with Gasteiger partial charge in [-0.2, -0.15) is 4.31 Å². The van der Waals surface area contributed by atoms with Gasteiger partial charge in [0.2, 0.25) is 5.91 Å². The van der Waals surface area contributed by atoms with E-state index in [0.29, 0.717) is 24.1 Å². The van der Waals surface area contributed by atoms with Crippen molar-refractivity contribution < 1.29 is 17.6 Å². The smallest absolute Gasteiger partial charge is 0.253 e. The molecule has 1 unspecified atom stereocenters. The first-order chi connectivity index (χ1) is 13.0. The normalized spacial score (nSPS) is 18.6. The highest BCUT2D eigenvalue weighted by molar-refractivity contribution is 7.91. The van der Waals surface area contributed by atoms with Gasteiger partial charge in [-0.1, -0.05) is 29.9 Å². The van der Waals surface area contributed by atoms with Crippen molar-refractivity contribution in [2.75, 3.05) is 11.9 Å². The number of halogens is 1. The molecule has 3 aromatic rings. The molecule has 1 fully saturated rings. The van der Waals surface area contributed by atoms with Crippen LogP contribution in [0.4, 0.5) is 9.52 Å². The number of nitrogens with one attached hydrogen (secondary N) is 1. The van der Waals surface area contributed by atoms with E-state index in [1.165, 1.54) is 10.4 Å². The Morgan fingerprint density at radius 1 is 1.26 bits per heavy atom. The molecule has 2 aromatic heterocycles. The summed E-state index contributed by atoms with van der Waals surface area (Å²) in [5.74, 6) is -0.891. The molecule has 3 heterocycles. The summed E-state index contributed by atoms with van der Waals surface area (Å²) in [5.41, 5.74) is 0.199. The number of carbonyl (C=O) groups is 1. The van der Waals surface area contributed by atoms with Crippen molar-refractivity contribution in [1.82, 2.24) is 9.29 Å². The Kier molecular flexibility index (Phi) is 4.97. The van der Waals surface area contributed by atoms with Crippen LogP contribution in [-0.2, 0) is 14.8 Å². The van der Waals surface area contributed by atoms with E-state index in [1.807, 2.05) is 0 Å². The molecule has 10 heteroatoms. The highest BCUT2D eigenvalue weighted by atomic mass is 32.2. The predicted molar refractivity (Wildman–Crippen MR) is 104 cm³/mol. The van der Waals surface area contributed by atoms with E-state index in [0.717, 1.165) is 29.1 Å². The summed E-state index contributed by atoms with van der Waals surface area (Å²) < 4.78 is 41.7. The van der Waals surface area contributed by atoms with Crippen LogP contribution in [0.2, 0.25) is 0 Å². The van der Waals surface area contributed by atoms with Gasteiger partial charge in [-0.15, -0.1) is 11.3 Å². The van der Waals surface area contributed by atoms with E-state index in [2.05, 4.69) is 10.3 Å². The van der Waals surface area contributed by atoms with Crippen LogP contribution in [0, 0.1) is 5.82 Å². The molecule has 27 heavy (non-hydrogen) atoms. The number of fused-ring (bicyclic) bond motifs is 1. The number of benzene rings is 1. The Bertz CT molecular complexity index is 1080. The number of sulfonamides is 1. The van der Waals surface area contributed by atoms with Crippen molar-refractivity contribution >= 4 is 54.0 Å². The number of aromatic nitrogens is 1. The fourth-order valence-corrected chi connectivity index (χ4v) is 6.80. The number of anilines is 1. The van der Waals surface area contributed by atoms with Crippen LogP contribution in [0.15, 0.2) is 39.9 Å². The highest BCUT2D eigenvalue weighted by Gasteiger charge is 2.38. The standard InChI is InChI=1S/C17H16FN3O3S3/c18-11-5-3-7-13-15(11)19-17(26-13)20-16(22)12-6-1-2-9-21(12)27(23,24)14-8-4-10-25-14/h3-5,7-8,10,12H,1-2,6,9H2,(H,19,20,22). The molecule has 6 nitrogen and oxygen atoms in total. The number of nitrogens with zero attached hydrogens (tertiary/aromatic N) is 2.